The Bertz CT molecular complexity index is 1080. The number of hydrogen-bond donors (Lipinski definition) is 2. The fraction of sp³-hybridized carbons (Fsp3) is 0.150. The Balaban J connectivity index is 1.65. The molecule has 8 heteroatoms. The van der Waals surface area contributed by atoms with Crippen molar-refractivity contribution in [3.8, 4) is 0 Å². The number of hydrogen-bond acceptors (Lipinski definition) is 5. The molecule has 0 fully saturated rings. The number of aryl methyl sites for hydroxylation is 1. The summed E-state index contributed by atoms with van der Waals surface area (Å²) >= 11 is 1.12. The van der Waals surface area contributed by atoms with E-state index in [1.807, 2.05) is 0 Å². The second-order valence-corrected chi connectivity index (χ2v) is 7.01. The van der Waals surface area contributed by atoms with E-state index < -0.39 is 24.3 Å². The largest absolute Gasteiger partial charge is 0.451 e. The third kappa shape index (κ3) is 4.01. The molecule has 0 saturated heterocycles. The van der Waals surface area contributed by atoms with Crippen LogP contribution < -0.4 is 10.6 Å². The summed E-state index contributed by atoms with van der Waals surface area (Å²) in [5.41, 5.74) is 1.28. The molecule has 28 heavy (non-hydrogen) atoms. The lowest BCUT2D eigenvalue weighted by Gasteiger charge is -2.08. The third-order valence-corrected chi connectivity index (χ3v) is 5.30. The van der Waals surface area contributed by atoms with Crippen LogP contribution in [0.25, 0.3) is 10.1 Å². The first-order valence-corrected chi connectivity index (χ1v) is 9.19. The lowest BCUT2D eigenvalue weighted by Crippen LogP contribution is -2.21. The molecule has 0 aliphatic heterocycles. The van der Waals surface area contributed by atoms with Crippen molar-refractivity contribution >= 4 is 44.9 Å². The Kier molecular flexibility index (Phi) is 5.70. The number of nitrogens with one attached hydrogen (secondary N) is 2. The van der Waals surface area contributed by atoms with Crippen LogP contribution in [0.5, 0.6) is 0 Å². The molecule has 0 atom stereocenters. The predicted octanol–water partition coefficient (Wildman–Crippen LogP) is 3.50. The molecule has 0 spiro atoms. The number of carbonyl (C=O) groups excluding carboxylic acids is 3. The smallest absolute Gasteiger partial charge is 0.349 e. The highest BCUT2D eigenvalue weighted by molar-refractivity contribution is 7.21. The van der Waals surface area contributed by atoms with E-state index in [4.69, 9.17) is 4.74 Å². The monoisotopic (exact) mass is 400 g/mol. The highest BCUT2D eigenvalue weighted by atomic mass is 32.1. The van der Waals surface area contributed by atoms with Crippen LogP contribution in [0.15, 0.2) is 42.5 Å². The molecular formula is C20H17FN2O4S. The summed E-state index contributed by atoms with van der Waals surface area (Å²) in [7, 11) is 1.51. The zero-order chi connectivity index (χ0) is 20.3. The zero-order valence-corrected chi connectivity index (χ0v) is 16.0. The normalized spacial score (nSPS) is 10.5. The second-order valence-electron chi connectivity index (χ2n) is 5.95. The maximum absolute atomic E-state index is 14.0. The van der Waals surface area contributed by atoms with E-state index >= 15 is 0 Å². The van der Waals surface area contributed by atoms with Crippen LogP contribution in [0.3, 0.4) is 0 Å². The zero-order valence-electron chi connectivity index (χ0n) is 15.2. The van der Waals surface area contributed by atoms with Gasteiger partial charge >= 0.3 is 5.97 Å². The summed E-state index contributed by atoms with van der Waals surface area (Å²) in [4.78, 5) is 36.3. The van der Waals surface area contributed by atoms with E-state index in [-0.39, 0.29) is 10.8 Å². The van der Waals surface area contributed by atoms with E-state index in [1.54, 1.807) is 37.3 Å². The van der Waals surface area contributed by atoms with Crippen LogP contribution in [0.2, 0.25) is 0 Å². The standard InChI is InChI=1S/C20H17FN2O4S/c1-11-17-14(21)7-4-8-15(17)28-18(11)20(26)27-10-16(24)23-13-6-3-5-12(9-13)19(25)22-2/h3-9H,10H2,1-2H3,(H,22,25)(H,23,24). The van der Waals surface area contributed by atoms with Gasteiger partial charge in [0.2, 0.25) is 0 Å². The van der Waals surface area contributed by atoms with Crippen LogP contribution in [-0.4, -0.2) is 31.4 Å². The van der Waals surface area contributed by atoms with Gasteiger partial charge in [-0.25, -0.2) is 9.18 Å². The highest BCUT2D eigenvalue weighted by Gasteiger charge is 2.20. The molecule has 2 aromatic carbocycles. The molecule has 0 unspecified atom stereocenters. The molecule has 0 radical (unpaired) electrons. The van der Waals surface area contributed by atoms with Crippen molar-refractivity contribution in [3.05, 3.63) is 64.3 Å². The van der Waals surface area contributed by atoms with Crippen molar-refractivity contribution in [1.82, 2.24) is 5.32 Å². The van der Waals surface area contributed by atoms with Crippen LogP contribution in [0, 0.1) is 12.7 Å². The molecule has 0 aliphatic carbocycles. The quantitative estimate of drug-likeness (QED) is 0.642. The topological polar surface area (TPSA) is 84.5 Å². The lowest BCUT2D eigenvalue weighted by molar-refractivity contribution is -0.119. The van der Waals surface area contributed by atoms with Crippen molar-refractivity contribution < 1.29 is 23.5 Å². The van der Waals surface area contributed by atoms with Gasteiger partial charge in [0, 0.05) is 28.4 Å². The Labute approximate surface area is 164 Å². The fourth-order valence-electron chi connectivity index (χ4n) is 2.72. The van der Waals surface area contributed by atoms with Gasteiger partial charge in [-0.2, -0.15) is 0 Å². The minimum absolute atomic E-state index is 0.259. The summed E-state index contributed by atoms with van der Waals surface area (Å²) in [6.07, 6.45) is 0. The molecule has 6 nitrogen and oxygen atoms in total. The number of rotatable bonds is 5. The molecule has 0 saturated carbocycles. The number of halogens is 1. The van der Waals surface area contributed by atoms with Crippen LogP contribution >= 0.6 is 11.3 Å². The summed E-state index contributed by atoms with van der Waals surface area (Å²) < 4.78 is 19.7. The molecular weight excluding hydrogens is 383 g/mol. The number of anilines is 1. The van der Waals surface area contributed by atoms with Crippen LogP contribution in [0.1, 0.15) is 25.6 Å². The lowest BCUT2D eigenvalue weighted by atomic mass is 10.1. The van der Waals surface area contributed by atoms with E-state index in [2.05, 4.69) is 10.6 Å². The third-order valence-electron chi connectivity index (χ3n) is 4.06. The molecule has 2 amide bonds. The Morgan fingerprint density at radius 2 is 1.89 bits per heavy atom. The van der Waals surface area contributed by atoms with Gasteiger partial charge in [-0.3, -0.25) is 9.59 Å². The number of benzene rings is 2. The molecule has 3 rings (SSSR count). The molecule has 0 aliphatic rings. The number of esters is 1. The van der Waals surface area contributed by atoms with Crippen molar-refractivity contribution in [2.45, 2.75) is 6.92 Å². The van der Waals surface area contributed by atoms with Crippen LogP contribution in [0.4, 0.5) is 10.1 Å². The first-order chi connectivity index (χ1) is 13.4. The number of fused-ring (bicyclic) bond motifs is 1. The number of carbonyl (C=O) groups is 3. The van der Waals surface area contributed by atoms with Gasteiger partial charge in [0.1, 0.15) is 10.7 Å². The number of ether oxygens (including phenoxy) is 1. The molecule has 1 heterocycles. The summed E-state index contributed by atoms with van der Waals surface area (Å²) in [5, 5.41) is 5.44. The average molecular weight is 400 g/mol. The molecule has 1 aromatic heterocycles. The van der Waals surface area contributed by atoms with Gasteiger partial charge in [0.25, 0.3) is 11.8 Å². The Morgan fingerprint density at radius 1 is 1.14 bits per heavy atom. The first kappa shape index (κ1) is 19.5. The highest BCUT2D eigenvalue weighted by Crippen LogP contribution is 2.32. The van der Waals surface area contributed by atoms with Crippen molar-refractivity contribution in [2.75, 3.05) is 19.0 Å². The predicted molar refractivity (Wildman–Crippen MR) is 105 cm³/mol. The van der Waals surface area contributed by atoms with Gasteiger partial charge in [0.15, 0.2) is 6.61 Å². The minimum Gasteiger partial charge on any atom is -0.451 e. The van der Waals surface area contributed by atoms with Crippen LogP contribution in [-0.2, 0) is 9.53 Å². The van der Waals surface area contributed by atoms with E-state index in [0.29, 0.717) is 26.9 Å². The van der Waals surface area contributed by atoms with Crippen molar-refractivity contribution in [3.63, 3.8) is 0 Å². The fourth-order valence-corrected chi connectivity index (χ4v) is 3.84. The molecule has 3 aromatic rings. The van der Waals surface area contributed by atoms with Gasteiger partial charge in [0.05, 0.1) is 0 Å². The van der Waals surface area contributed by atoms with Gasteiger partial charge in [-0.1, -0.05) is 12.1 Å². The first-order valence-electron chi connectivity index (χ1n) is 8.37. The Morgan fingerprint density at radius 3 is 2.61 bits per heavy atom. The summed E-state index contributed by atoms with van der Waals surface area (Å²) in [5.74, 6) is -1.92. The number of amides is 2. The summed E-state index contributed by atoms with van der Waals surface area (Å²) in [6.45, 7) is 1.14. The van der Waals surface area contributed by atoms with E-state index in [0.717, 1.165) is 11.3 Å². The molecule has 0 bridgehead atoms. The molecule has 144 valence electrons. The van der Waals surface area contributed by atoms with Crippen molar-refractivity contribution in [1.29, 1.82) is 0 Å². The maximum Gasteiger partial charge on any atom is 0.349 e. The van der Waals surface area contributed by atoms with Gasteiger partial charge < -0.3 is 15.4 Å². The Hall–Kier alpha value is -3.26. The SMILES string of the molecule is CNC(=O)c1cccc(NC(=O)COC(=O)c2sc3cccc(F)c3c2C)c1. The summed E-state index contributed by atoms with van der Waals surface area (Å²) in [6, 6.07) is 11.0. The van der Waals surface area contributed by atoms with E-state index in [1.165, 1.54) is 19.2 Å². The second kappa shape index (κ2) is 8.18. The van der Waals surface area contributed by atoms with Gasteiger partial charge in [-0.05, 0) is 42.8 Å². The number of thiophene rings is 1. The van der Waals surface area contributed by atoms with Crippen molar-refractivity contribution in [2.24, 2.45) is 0 Å². The molecule has 2 N–H and O–H groups in total. The van der Waals surface area contributed by atoms with Gasteiger partial charge in [-0.15, -0.1) is 11.3 Å². The maximum atomic E-state index is 14.0. The minimum atomic E-state index is -0.688. The average Bonchev–Trinajstić information content (AvgIpc) is 3.03. The van der Waals surface area contributed by atoms with E-state index in [9.17, 15) is 18.8 Å².